The van der Waals surface area contributed by atoms with Gasteiger partial charge in [0.25, 0.3) is 5.56 Å². The Bertz CT molecular complexity index is 1200. The number of rotatable bonds is 3. The highest BCUT2D eigenvalue weighted by Crippen LogP contribution is 2.40. The maximum Gasteiger partial charge on any atom is 0.254 e. The van der Waals surface area contributed by atoms with Crippen molar-refractivity contribution in [3.8, 4) is 10.7 Å². The van der Waals surface area contributed by atoms with Gasteiger partial charge < -0.3 is 4.98 Å². The Morgan fingerprint density at radius 2 is 1.56 bits per heavy atom. The van der Waals surface area contributed by atoms with Crippen molar-refractivity contribution in [3.63, 3.8) is 0 Å². The number of hydrogen-bond donors (Lipinski definition) is 1. The van der Waals surface area contributed by atoms with Gasteiger partial charge in [-0.25, -0.2) is 15.0 Å². The molecule has 166 valence electrons. The monoisotopic (exact) mass is 486 g/mol. The highest BCUT2D eigenvalue weighted by molar-refractivity contribution is 7.13. The largest absolute Gasteiger partial charge is 0.306 e. The number of aromatic amines is 1. The van der Waals surface area contributed by atoms with Crippen LogP contribution in [-0.2, 0) is 0 Å². The Morgan fingerprint density at radius 1 is 0.906 bits per heavy atom. The van der Waals surface area contributed by atoms with E-state index >= 15 is 0 Å². The minimum atomic E-state index is -0.00380. The van der Waals surface area contributed by atoms with Crippen molar-refractivity contribution in [1.82, 2.24) is 29.9 Å². The standard InChI is InChI=1S/C10H9N3OS.C8H9ClN2.C4H5NS/c14-10-7(6-1-2-6)3-12-9(13-10)8-4-11-5-15-8;1-5-7(6-2-3-6)4-10-8(9)11-5;1-4-2-5-3-6-4/h3-6H,1-2H2,(H,12,13,14);4,6H,2-3H2,1H3;2-3H,1H3. The molecule has 4 heterocycles. The number of halogens is 1. The molecule has 0 bridgehead atoms. The van der Waals surface area contributed by atoms with Crippen molar-refractivity contribution in [2.75, 3.05) is 0 Å². The maximum atomic E-state index is 11.7. The molecule has 7 nitrogen and oxygen atoms in total. The van der Waals surface area contributed by atoms with Crippen molar-refractivity contribution in [3.05, 3.63) is 73.1 Å². The summed E-state index contributed by atoms with van der Waals surface area (Å²) in [6.45, 7) is 4.03. The van der Waals surface area contributed by atoms with Crippen LogP contribution < -0.4 is 5.56 Å². The maximum absolute atomic E-state index is 11.7. The Morgan fingerprint density at radius 3 is 2.06 bits per heavy atom. The Kier molecular flexibility index (Phi) is 7.39. The van der Waals surface area contributed by atoms with E-state index in [0.717, 1.165) is 29.0 Å². The smallest absolute Gasteiger partial charge is 0.254 e. The number of thiazole rings is 2. The van der Waals surface area contributed by atoms with Gasteiger partial charge in [-0.2, -0.15) is 0 Å². The molecule has 0 spiro atoms. The third kappa shape index (κ3) is 6.27. The van der Waals surface area contributed by atoms with Crippen LogP contribution in [0, 0.1) is 13.8 Å². The van der Waals surface area contributed by atoms with Crippen molar-refractivity contribution < 1.29 is 0 Å². The van der Waals surface area contributed by atoms with Gasteiger partial charge in [0.15, 0.2) is 5.82 Å². The van der Waals surface area contributed by atoms with E-state index in [2.05, 4.69) is 29.9 Å². The topological polar surface area (TPSA) is 97.3 Å². The lowest BCUT2D eigenvalue weighted by atomic mass is 10.1. The molecule has 4 aromatic heterocycles. The fourth-order valence-corrected chi connectivity index (χ4v) is 4.23. The van der Waals surface area contributed by atoms with Crippen LogP contribution in [0.25, 0.3) is 10.7 Å². The van der Waals surface area contributed by atoms with Gasteiger partial charge in [-0.15, -0.1) is 22.7 Å². The molecule has 0 atom stereocenters. The third-order valence-electron chi connectivity index (χ3n) is 5.07. The SMILES string of the molecule is Cc1cncs1.Cc1nc(Cl)ncc1C1CC1.O=c1[nH]c(-c2cncs2)ncc1C1CC1. The van der Waals surface area contributed by atoms with Crippen LogP contribution in [-0.4, -0.2) is 29.9 Å². The molecule has 0 amide bonds. The lowest BCUT2D eigenvalue weighted by Gasteiger charge is -2.00. The molecule has 1 N–H and O–H groups in total. The van der Waals surface area contributed by atoms with Gasteiger partial charge in [-0.05, 0) is 68.5 Å². The summed E-state index contributed by atoms with van der Waals surface area (Å²) < 4.78 is 0. The Hall–Kier alpha value is -2.49. The number of aromatic nitrogens is 6. The summed E-state index contributed by atoms with van der Waals surface area (Å²) in [7, 11) is 0. The lowest BCUT2D eigenvalue weighted by molar-refractivity contribution is 0.987. The Labute approximate surface area is 199 Å². The average Bonchev–Trinajstić information content (AvgIpc) is 3.69. The number of nitrogens with zero attached hydrogens (tertiary/aromatic N) is 5. The zero-order chi connectivity index (χ0) is 22.5. The van der Waals surface area contributed by atoms with E-state index in [1.165, 1.54) is 34.6 Å². The molecular weight excluding hydrogens is 464 g/mol. The third-order valence-corrected chi connectivity index (χ3v) is 6.74. The molecule has 0 radical (unpaired) electrons. The Balaban J connectivity index is 0.000000126. The van der Waals surface area contributed by atoms with Gasteiger partial charge in [-0.1, -0.05) is 0 Å². The van der Waals surface area contributed by atoms with Crippen molar-refractivity contribution in [2.24, 2.45) is 0 Å². The first-order chi connectivity index (χ1) is 15.5. The summed E-state index contributed by atoms with van der Waals surface area (Å²) in [4.78, 5) is 36.8. The van der Waals surface area contributed by atoms with Crippen LogP contribution in [0.5, 0.6) is 0 Å². The van der Waals surface area contributed by atoms with Crippen LogP contribution in [0.1, 0.15) is 59.2 Å². The fourth-order valence-electron chi connectivity index (χ4n) is 3.07. The number of nitrogens with one attached hydrogen (secondary N) is 1. The molecule has 0 saturated heterocycles. The molecule has 2 fully saturated rings. The van der Waals surface area contributed by atoms with Crippen LogP contribution in [0.4, 0.5) is 0 Å². The highest BCUT2D eigenvalue weighted by Gasteiger charge is 2.27. The first-order valence-corrected chi connectivity index (χ1v) is 12.5. The van der Waals surface area contributed by atoms with Crippen molar-refractivity contribution in [2.45, 2.75) is 51.4 Å². The van der Waals surface area contributed by atoms with Crippen LogP contribution >= 0.6 is 34.3 Å². The second-order valence-electron chi connectivity index (χ2n) is 7.72. The summed E-state index contributed by atoms with van der Waals surface area (Å²) in [5.74, 6) is 1.77. The summed E-state index contributed by atoms with van der Waals surface area (Å²) in [6.07, 6.45) is 11.9. The van der Waals surface area contributed by atoms with E-state index in [1.54, 1.807) is 29.2 Å². The van der Waals surface area contributed by atoms with E-state index in [9.17, 15) is 4.79 Å². The van der Waals surface area contributed by atoms with E-state index < -0.39 is 0 Å². The highest BCUT2D eigenvalue weighted by atomic mass is 35.5. The second kappa shape index (κ2) is 10.4. The molecule has 10 heteroatoms. The number of hydrogen-bond acceptors (Lipinski definition) is 8. The molecule has 32 heavy (non-hydrogen) atoms. The summed E-state index contributed by atoms with van der Waals surface area (Å²) in [5.41, 5.74) is 6.68. The first-order valence-electron chi connectivity index (χ1n) is 10.3. The van der Waals surface area contributed by atoms with E-state index in [1.807, 2.05) is 31.8 Å². The molecule has 0 unspecified atom stereocenters. The molecule has 0 aromatic carbocycles. The van der Waals surface area contributed by atoms with Crippen LogP contribution in [0.15, 0.2) is 40.6 Å². The molecule has 4 aromatic rings. The molecule has 2 aliphatic carbocycles. The molecule has 2 aliphatic rings. The molecular formula is C22H23ClN6OS2. The van der Waals surface area contributed by atoms with Gasteiger partial charge in [0, 0.05) is 40.9 Å². The summed E-state index contributed by atoms with van der Waals surface area (Å²) in [6, 6.07) is 0. The zero-order valence-corrected chi connectivity index (χ0v) is 20.2. The van der Waals surface area contributed by atoms with E-state index in [4.69, 9.17) is 11.6 Å². The predicted molar refractivity (Wildman–Crippen MR) is 129 cm³/mol. The summed E-state index contributed by atoms with van der Waals surface area (Å²) in [5, 5.41) is 0.354. The van der Waals surface area contributed by atoms with Crippen LogP contribution in [0.2, 0.25) is 5.28 Å². The zero-order valence-electron chi connectivity index (χ0n) is 17.8. The minimum absolute atomic E-state index is 0.00380. The number of H-pyrrole nitrogens is 1. The minimum Gasteiger partial charge on any atom is -0.306 e. The van der Waals surface area contributed by atoms with Crippen molar-refractivity contribution in [1.29, 1.82) is 0 Å². The molecule has 6 rings (SSSR count). The van der Waals surface area contributed by atoms with Gasteiger partial charge in [-0.3, -0.25) is 14.8 Å². The van der Waals surface area contributed by atoms with E-state index in [0.29, 0.717) is 22.9 Å². The fraction of sp³-hybridized carbons (Fsp3) is 0.364. The van der Waals surface area contributed by atoms with Crippen molar-refractivity contribution >= 4 is 34.3 Å². The first kappa shape index (κ1) is 22.7. The normalized spacial score (nSPS) is 14.7. The van der Waals surface area contributed by atoms with Gasteiger partial charge >= 0.3 is 0 Å². The average molecular weight is 487 g/mol. The summed E-state index contributed by atoms with van der Waals surface area (Å²) >= 11 is 8.76. The second-order valence-corrected chi connectivity index (χ2v) is 10.0. The molecule has 2 saturated carbocycles. The number of aryl methyl sites for hydroxylation is 2. The quantitative estimate of drug-likeness (QED) is 0.382. The molecule has 0 aliphatic heterocycles. The van der Waals surface area contributed by atoms with Gasteiger partial charge in [0.2, 0.25) is 5.28 Å². The predicted octanol–water partition coefficient (Wildman–Crippen LogP) is 5.54. The van der Waals surface area contributed by atoms with Crippen LogP contribution in [0.3, 0.4) is 0 Å². The van der Waals surface area contributed by atoms with Gasteiger partial charge in [0.05, 0.1) is 15.9 Å². The van der Waals surface area contributed by atoms with E-state index in [-0.39, 0.29) is 5.56 Å². The lowest BCUT2D eigenvalue weighted by Crippen LogP contribution is -2.13. The van der Waals surface area contributed by atoms with Gasteiger partial charge in [0.1, 0.15) is 0 Å².